The number of benzene rings is 1. The lowest BCUT2D eigenvalue weighted by Crippen LogP contribution is -2.41. The van der Waals surface area contributed by atoms with Crippen LogP contribution in [0.3, 0.4) is 0 Å². The molecule has 0 amide bonds. The minimum absolute atomic E-state index is 0.0989. The molecule has 0 N–H and O–H groups in total. The summed E-state index contributed by atoms with van der Waals surface area (Å²) < 4.78 is 12.8. The SMILES string of the molecule is O=C(CCC1CCCC1)OC1CCC2C(=O)C(c3nc4ccccc4s3)=COC2C1. The van der Waals surface area contributed by atoms with Crippen LogP contribution < -0.4 is 0 Å². The van der Waals surface area contributed by atoms with Crippen molar-refractivity contribution < 1.29 is 19.1 Å². The number of thiazole rings is 1. The van der Waals surface area contributed by atoms with Crippen LogP contribution in [0.25, 0.3) is 15.8 Å². The molecule has 2 fully saturated rings. The quantitative estimate of drug-likeness (QED) is 0.609. The summed E-state index contributed by atoms with van der Waals surface area (Å²) in [6.45, 7) is 0. The Balaban J connectivity index is 1.20. The van der Waals surface area contributed by atoms with E-state index in [0.717, 1.165) is 28.1 Å². The molecule has 5 nitrogen and oxygen atoms in total. The van der Waals surface area contributed by atoms with Gasteiger partial charge in [-0.05, 0) is 37.3 Å². The lowest BCUT2D eigenvalue weighted by Gasteiger charge is -2.37. The molecule has 2 aliphatic carbocycles. The van der Waals surface area contributed by atoms with Gasteiger partial charge < -0.3 is 9.47 Å². The monoisotopic (exact) mass is 425 g/mol. The van der Waals surface area contributed by atoms with Crippen LogP contribution in [-0.4, -0.2) is 28.9 Å². The first-order chi connectivity index (χ1) is 14.7. The Morgan fingerprint density at radius 3 is 2.83 bits per heavy atom. The van der Waals surface area contributed by atoms with E-state index in [1.165, 1.54) is 37.0 Å². The fourth-order valence-electron chi connectivity index (χ4n) is 5.07. The molecule has 5 rings (SSSR count). The number of esters is 1. The van der Waals surface area contributed by atoms with Crippen molar-refractivity contribution in [2.75, 3.05) is 0 Å². The molecule has 1 aromatic carbocycles. The third kappa shape index (κ3) is 4.02. The van der Waals surface area contributed by atoms with Crippen LogP contribution in [0, 0.1) is 11.8 Å². The Morgan fingerprint density at radius 2 is 2.00 bits per heavy atom. The van der Waals surface area contributed by atoms with E-state index in [0.29, 0.717) is 30.8 Å². The fraction of sp³-hybridized carbons (Fsp3) is 0.542. The van der Waals surface area contributed by atoms with Gasteiger partial charge >= 0.3 is 5.97 Å². The molecule has 2 saturated carbocycles. The van der Waals surface area contributed by atoms with Gasteiger partial charge in [-0.1, -0.05) is 37.8 Å². The van der Waals surface area contributed by atoms with Gasteiger partial charge in [-0.15, -0.1) is 11.3 Å². The second kappa shape index (κ2) is 8.50. The van der Waals surface area contributed by atoms with Crippen molar-refractivity contribution in [2.24, 2.45) is 11.8 Å². The molecule has 3 atom stereocenters. The number of Topliss-reactive ketones (excluding diaryl/α,β-unsaturated/α-hetero) is 1. The van der Waals surface area contributed by atoms with Gasteiger partial charge in [0.1, 0.15) is 17.2 Å². The van der Waals surface area contributed by atoms with Crippen molar-refractivity contribution in [3.63, 3.8) is 0 Å². The number of hydrogen-bond donors (Lipinski definition) is 0. The highest BCUT2D eigenvalue weighted by atomic mass is 32.1. The molecular weight excluding hydrogens is 398 g/mol. The van der Waals surface area contributed by atoms with Crippen LogP contribution in [0.5, 0.6) is 0 Å². The highest BCUT2D eigenvalue weighted by Gasteiger charge is 2.42. The van der Waals surface area contributed by atoms with Crippen molar-refractivity contribution in [2.45, 2.75) is 70.0 Å². The summed E-state index contributed by atoms with van der Waals surface area (Å²) in [5, 5.41) is 0.722. The average molecular weight is 426 g/mol. The maximum atomic E-state index is 13.1. The van der Waals surface area contributed by atoms with E-state index in [1.807, 2.05) is 24.3 Å². The minimum atomic E-state index is -0.211. The van der Waals surface area contributed by atoms with E-state index in [9.17, 15) is 9.59 Å². The molecule has 3 unspecified atom stereocenters. The summed E-state index contributed by atoms with van der Waals surface area (Å²) >= 11 is 1.52. The summed E-state index contributed by atoms with van der Waals surface area (Å²) in [7, 11) is 0. The van der Waals surface area contributed by atoms with Gasteiger partial charge in [0.25, 0.3) is 0 Å². The Morgan fingerprint density at radius 1 is 1.17 bits per heavy atom. The number of aromatic nitrogens is 1. The predicted octanol–water partition coefficient (Wildman–Crippen LogP) is 5.29. The maximum Gasteiger partial charge on any atom is 0.306 e. The summed E-state index contributed by atoms with van der Waals surface area (Å²) in [6.07, 6.45) is 9.76. The normalized spacial score (nSPS) is 26.9. The van der Waals surface area contributed by atoms with E-state index < -0.39 is 0 Å². The summed E-state index contributed by atoms with van der Waals surface area (Å²) in [5.41, 5.74) is 1.48. The number of fused-ring (bicyclic) bond motifs is 2. The molecule has 0 radical (unpaired) electrons. The van der Waals surface area contributed by atoms with Crippen molar-refractivity contribution in [1.82, 2.24) is 4.98 Å². The van der Waals surface area contributed by atoms with E-state index in [-0.39, 0.29) is 29.9 Å². The first kappa shape index (κ1) is 19.7. The Hall–Kier alpha value is -2.21. The molecule has 30 heavy (non-hydrogen) atoms. The maximum absolute atomic E-state index is 13.1. The van der Waals surface area contributed by atoms with Crippen molar-refractivity contribution in [1.29, 1.82) is 0 Å². The summed E-state index contributed by atoms with van der Waals surface area (Å²) in [4.78, 5) is 30.0. The zero-order valence-corrected chi connectivity index (χ0v) is 17.9. The van der Waals surface area contributed by atoms with E-state index in [4.69, 9.17) is 9.47 Å². The van der Waals surface area contributed by atoms with Crippen LogP contribution in [0.4, 0.5) is 0 Å². The third-order valence-electron chi connectivity index (χ3n) is 6.76. The summed E-state index contributed by atoms with van der Waals surface area (Å²) in [6, 6.07) is 7.90. The molecule has 0 saturated heterocycles. The number of ether oxygens (including phenoxy) is 2. The van der Waals surface area contributed by atoms with E-state index in [1.54, 1.807) is 6.26 Å². The Bertz CT molecular complexity index is 941. The van der Waals surface area contributed by atoms with Gasteiger partial charge in [-0.25, -0.2) is 4.98 Å². The van der Waals surface area contributed by atoms with Crippen LogP contribution in [0.1, 0.15) is 62.8 Å². The zero-order valence-electron chi connectivity index (χ0n) is 17.0. The van der Waals surface area contributed by atoms with E-state index >= 15 is 0 Å². The largest absolute Gasteiger partial charge is 0.496 e. The van der Waals surface area contributed by atoms with Crippen LogP contribution in [0.2, 0.25) is 0 Å². The van der Waals surface area contributed by atoms with Crippen molar-refractivity contribution in [3.8, 4) is 0 Å². The zero-order chi connectivity index (χ0) is 20.5. The summed E-state index contributed by atoms with van der Waals surface area (Å²) in [5.74, 6) is 0.526. The Kier molecular flexibility index (Phi) is 5.59. The smallest absolute Gasteiger partial charge is 0.306 e. The van der Waals surface area contributed by atoms with E-state index in [2.05, 4.69) is 4.98 Å². The number of ketones is 1. The second-order valence-electron chi connectivity index (χ2n) is 8.78. The lowest BCUT2D eigenvalue weighted by atomic mass is 9.79. The first-order valence-corrected chi connectivity index (χ1v) is 11.9. The fourth-order valence-corrected chi connectivity index (χ4v) is 6.05. The number of carbonyl (C=O) groups is 2. The number of hydrogen-bond acceptors (Lipinski definition) is 6. The minimum Gasteiger partial charge on any atom is -0.496 e. The van der Waals surface area contributed by atoms with Crippen molar-refractivity contribution in [3.05, 3.63) is 35.5 Å². The molecule has 0 spiro atoms. The molecule has 0 bridgehead atoms. The molecular formula is C24H27NO4S. The molecule has 158 valence electrons. The topological polar surface area (TPSA) is 65.5 Å². The predicted molar refractivity (Wildman–Crippen MR) is 116 cm³/mol. The van der Waals surface area contributed by atoms with Gasteiger partial charge in [0.05, 0.1) is 28.0 Å². The van der Waals surface area contributed by atoms with Crippen LogP contribution in [-0.2, 0) is 19.1 Å². The number of carbonyl (C=O) groups excluding carboxylic acids is 2. The van der Waals surface area contributed by atoms with Gasteiger partial charge in [0, 0.05) is 12.8 Å². The number of allylic oxidation sites excluding steroid dienone is 1. The molecule has 2 heterocycles. The number of para-hydroxylation sites is 1. The number of nitrogens with zero attached hydrogens (tertiary/aromatic N) is 1. The third-order valence-corrected chi connectivity index (χ3v) is 7.83. The average Bonchev–Trinajstić information content (AvgIpc) is 3.42. The van der Waals surface area contributed by atoms with Crippen LogP contribution >= 0.6 is 11.3 Å². The van der Waals surface area contributed by atoms with Crippen LogP contribution in [0.15, 0.2) is 30.5 Å². The van der Waals surface area contributed by atoms with Gasteiger partial charge in [-0.3, -0.25) is 9.59 Å². The molecule has 3 aliphatic rings. The molecule has 1 aliphatic heterocycles. The highest BCUT2D eigenvalue weighted by molar-refractivity contribution is 7.19. The second-order valence-corrected chi connectivity index (χ2v) is 9.81. The first-order valence-electron chi connectivity index (χ1n) is 11.1. The van der Waals surface area contributed by atoms with Crippen molar-refractivity contribution >= 4 is 38.9 Å². The van der Waals surface area contributed by atoms with Gasteiger partial charge in [0.2, 0.25) is 0 Å². The molecule has 2 aromatic rings. The molecule has 1 aromatic heterocycles. The number of rotatable bonds is 5. The molecule has 6 heteroatoms. The highest BCUT2D eigenvalue weighted by Crippen LogP contribution is 2.39. The lowest BCUT2D eigenvalue weighted by molar-refractivity contribution is -0.154. The van der Waals surface area contributed by atoms with Gasteiger partial charge in [0.15, 0.2) is 5.78 Å². The Labute approximate surface area is 180 Å². The standard InChI is InChI=1S/C24H27NO4S/c26-22(12-9-15-5-1-2-6-15)29-16-10-11-17-20(13-16)28-14-18(23(17)27)24-25-19-7-3-4-8-21(19)30-24/h3-4,7-8,14-17,20H,1-2,5-6,9-13H2. The van der Waals surface area contributed by atoms with Gasteiger partial charge in [-0.2, -0.15) is 0 Å².